The number of hydrogen-bond acceptors (Lipinski definition) is 3. The predicted octanol–water partition coefficient (Wildman–Crippen LogP) is 4.00. The van der Waals surface area contributed by atoms with Gasteiger partial charge < -0.3 is 15.4 Å². The van der Waals surface area contributed by atoms with Crippen molar-refractivity contribution in [2.24, 2.45) is 0 Å². The Balaban J connectivity index is 1.60. The molecular weight excluding hydrogens is 376 g/mol. The monoisotopic (exact) mass is 402 g/mol. The molecule has 2 rings (SSSR count). The Morgan fingerprint density at radius 2 is 1.68 bits per heavy atom. The van der Waals surface area contributed by atoms with E-state index in [1.54, 1.807) is 24.3 Å². The summed E-state index contributed by atoms with van der Waals surface area (Å²) in [6, 6.07) is 14.6. The second kappa shape index (κ2) is 12.0. The number of benzene rings is 2. The summed E-state index contributed by atoms with van der Waals surface area (Å²) in [5.74, 6) is 0.569. The van der Waals surface area contributed by atoms with Crippen LogP contribution in [0.1, 0.15) is 42.1 Å². The molecule has 150 valence electrons. The lowest BCUT2D eigenvalue weighted by Gasteiger charge is -2.08. The molecule has 0 aliphatic heterocycles. The zero-order valence-electron chi connectivity index (χ0n) is 16.2. The van der Waals surface area contributed by atoms with Crippen molar-refractivity contribution in [3.8, 4) is 5.75 Å². The standard InChI is InChI=1S/C22H27ClN2O3/c1-2-3-16-28-20-10-4-17(5-11-20)12-14-24-21(26)13-15-25-22(27)18-6-8-19(23)9-7-18/h4-11H,2-3,12-16H2,1H3,(H,24,26)(H,25,27). The fourth-order valence-corrected chi connectivity index (χ4v) is 2.64. The zero-order valence-corrected chi connectivity index (χ0v) is 16.9. The number of ether oxygens (including phenoxy) is 1. The van der Waals surface area contributed by atoms with Crippen LogP contribution in [0.4, 0.5) is 0 Å². The van der Waals surface area contributed by atoms with Gasteiger partial charge in [0.15, 0.2) is 0 Å². The van der Waals surface area contributed by atoms with Gasteiger partial charge in [-0.15, -0.1) is 0 Å². The van der Waals surface area contributed by atoms with Crippen LogP contribution in [0, 0.1) is 0 Å². The first-order chi connectivity index (χ1) is 13.6. The SMILES string of the molecule is CCCCOc1ccc(CCNC(=O)CCNC(=O)c2ccc(Cl)cc2)cc1. The normalized spacial score (nSPS) is 10.4. The summed E-state index contributed by atoms with van der Waals surface area (Å²) >= 11 is 5.80. The van der Waals surface area contributed by atoms with Crippen LogP contribution in [0.25, 0.3) is 0 Å². The van der Waals surface area contributed by atoms with Gasteiger partial charge in [-0.3, -0.25) is 9.59 Å². The lowest BCUT2D eigenvalue weighted by molar-refractivity contribution is -0.120. The molecule has 2 amide bonds. The average Bonchev–Trinajstić information content (AvgIpc) is 2.70. The average molecular weight is 403 g/mol. The van der Waals surface area contributed by atoms with E-state index < -0.39 is 0 Å². The molecule has 2 aromatic carbocycles. The van der Waals surface area contributed by atoms with Crippen molar-refractivity contribution in [2.75, 3.05) is 19.7 Å². The van der Waals surface area contributed by atoms with Gasteiger partial charge in [-0.2, -0.15) is 0 Å². The van der Waals surface area contributed by atoms with Crippen LogP contribution in [0.2, 0.25) is 5.02 Å². The third kappa shape index (κ3) is 8.01. The quantitative estimate of drug-likeness (QED) is 0.558. The van der Waals surface area contributed by atoms with E-state index >= 15 is 0 Å². The highest BCUT2D eigenvalue weighted by atomic mass is 35.5. The van der Waals surface area contributed by atoms with Crippen LogP contribution >= 0.6 is 11.6 Å². The first-order valence-electron chi connectivity index (χ1n) is 9.60. The molecule has 0 aliphatic carbocycles. The molecule has 0 spiro atoms. The van der Waals surface area contributed by atoms with Gasteiger partial charge in [0, 0.05) is 30.1 Å². The van der Waals surface area contributed by atoms with E-state index in [-0.39, 0.29) is 24.8 Å². The van der Waals surface area contributed by atoms with E-state index in [4.69, 9.17) is 16.3 Å². The van der Waals surface area contributed by atoms with Gasteiger partial charge in [0.1, 0.15) is 5.75 Å². The fourth-order valence-electron chi connectivity index (χ4n) is 2.51. The summed E-state index contributed by atoms with van der Waals surface area (Å²) < 4.78 is 5.63. The molecule has 0 saturated carbocycles. The summed E-state index contributed by atoms with van der Waals surface area (Å²) in [6.07, 6.45) is 3.15. The fraction of sp³-hybridized carbons (Fsp3) is 0.364. The molecule has 0 unspecified atom stereocenters. The summed E-state index contributed by atoms with van der Waals surface area (Å²) in [7, 11) is 0. The lowest BCUT2D eigenvalue weighted by atomic mass is 10.1. The van der Waals surface area contributed by atoms with Gasteiger partial charge in [-0.1, -0.05) is 37.1 Å². The number of carbonyl (C=O) groups is 2. The van der Waals surface area contributed by atoms with Crippen LogP contribution in [0.15, 0.2) is 48.5 Å². The Hall–Kier alpha value is -2.53. The molecule has 6 heteroatoms. The maximum Gasteiger partial charge on any atom is 0.251 e. The Bertz CT molecular complexity index is 745. The Morgan fingerprint density at radius 3 is 2.36 bits per heavy atom. The summed E-state index contributed by atoms with van der Waals surface area (Å²) in [5, 5.41) is 6.18. The number of amides is 2. The van der Waals surface area contributed by atoms with Crippen LogP contribution in [0.3, 0.4) is 0 Å². The van der Waals surface area contributed by atoms with E-state index in [2.05, 4.69) is 17.6 Å². The summed E-state index contributed by atoms with van der Waals surface area (Å²) in [6.45, 7) is 3.71. The van der Waals surface area contributed by atoms with Crippen molar-refractivity contribution in [2.45, 2.75) is 32.6 Å². The molecule has 2 N–H and O–H groups in total. The maximum atomic E-state index is 12.0. The highest BCUT2D eigenvalue weighted by Crippen LogP contribution is 2.13. The van der Waals surface area contributed by atoms with Gasteiger partial charge in [0.25, 0.3) is 5.91 Å². The molecule has 28 heavy (non-hydrogen) atoms. The topological polar surface area (TPSA) is 67.4 Å². The van der Waals surface area contributed by atoms with E-state index in [9.17, 15) is 9.59 Å². The minimum Gasteiger partial charge on any atom is -0.494 e. The molecule has 0 aliphatic rings. The van der Waals surface area contributed by atoms with Crippen LogP contribution in [0.5, 0.6) is 5.75 Å². The van der Waals surface area contributed by atoms with Crippen molar-refractivity contribution < 1.29 is 14.3 Å². The largest absolute Gasteiger partial charge is 0.494 e. The molecule has 5 nitrogen and oxygen atoms in total. The van der Waals surface area contributed by atoms with Gasteiger partial charge in [-0.25, -0.2) is 0 Å². The van der Waals surface area contributed by atoms with Crippen LogP contribution < -0.4 is 15.4 Å². The molecule has 0 fully saturated rings. The number of nitrogens with one attached hydrogen (secondary N) is 2. The molecule has 0 aromatic heterocycles. The molecule has 0 atom stereocenters. The number of hydrogen-bond donors (Lipinski definition) is 2. The third-order valence-corrected chi connectivity index (χ3v) is 4.42. The number of carbonyl (C=O) groups excluding carboxylic acids is 2. The van der Waals surface area contributed by atoms with Crippen molar-refractivity contribution in [1.29, 1.82) is 0 Å². The summed E-state index contributed by atoms with van der Waals surface area (Å²) in [5.41, 5.74) is 1.66. The highest BCUT2D eigenvalue weighted by Gasteiger charge is 2.06. The van der Waals surface area contributed by atoms with Gasteiger partial charge in [0.05, 0.1) is 6.61 Å². The zero-order chi connectivity index (χ0) is 20.2. The van der Waals surface area contributed by atoms with Crippen molar-refractivity contribution in [3.05, 3.63) is 64.7 Å². The smallest absolute Gasteiger partial charge is 0.251 e. The lowest BCUT2D eigenvalue weighted by Crippen LogP contribution is -2.31. The molecule has 0 heterocycles. The second-order valence-corrected chi connectivity index (χ2v) is 6.90. The van der Waals surface area contributed by atoms with Crippen LogP contribution in [-0.2, 0) is 11.2 Å². The van der Waals surface area contributed by atoms with Crippen molar-refractivity contribution in [3.63, 3.8) is 0 Å². The van der Waals surface area contributed by atoms with Gasteiger partial charge in [-0.05, 0) is 54.8 Å². The van der Waals surface area contributed by atoms with Crippen molar-refractivity contribution in [1.82, 2.24) is 10.6 Å². The van der Waals surface area contributed by atoms with E-state index in [0.29, 0.717) is 17.1 Å². The number of unbranched alkanes of at least 4 members (excludes halogenated alkanes) is 1. The first-order valence-corrected chi connectivity index (χ1v) is 9.98. The minimum absolute atomic E-state index is 0.0871. The minimum atomic E-state index is -0.217. The van der Waals surface area contributed by atoms with Crippen molar-refractivity contribution >= 4 is 23.4 Å². The molecule has 0 bridgehead atoms. The van der Waals surface area contributed by atoms with Gasteiger partial charge in [0.2, 0.25) is 5.91 Å². The van der Waals surface area contributed by atoms with E-state index in [1.807, 2.05) is 24.3 Å². The first kappa shape index (κ1) is 21.8. The number of rotatable bonds is 11. The predicted molar refractivity (Wildman–Crippen MR) is 112 cm³/mol. The summed E-state index contributed by atoms with van der Waals surface area (Å²) in [4.78, 5) is 23.8. The maximum absolute atomic E-state index is 12.0. The van der Waals surface area contributed by atoms with E-state index in [0.717, 1.165) is 37.2 Å². The molecular formula is C22H27ClN2O3. The van der Waals surface area contributed by atoms with Crippen LogP contribution in [-0.4, -0.2) is 31.5 Å². The Morgan fingerprint density at radius 1 is 0.964 bits per heavy atom. The molecule has 2 aromatic rings. The Labute approximate surface area is 171 Å². The molecule has 0 radical (unpaired) electrons. The van der Waals surface area contributed by atoms with E-state index in [1.165, 1.54) is 0 Å². The third-order valence-electron chi connectivity index (χ3n) is 4.17. The van der Waals surface area contributed by atoms with Gasteiger partial charge >= 0.3 is 0 Å². The Kier molecular flexibility index (Phi) is 9.35. The molecule has 0 saturated heterocycles. The number of halogens is 1. The highest BCUT2D eigenvalue weighted by molar-refractivity contribution is 6.30. The second-order valence-electron chi connectivity index (χ2n) is 6.46.